The molecule has 0 saturated carbocycles. The van der Waals surface area contributed by atoms with Crippen LogP contribution in [0.4, 0.5) is 0 Å². The fourth-order valence-corrected chi connectivity index (χ4v) is 4.10. The van der Waals surface area contributed by atoms with Crippen LogP contribution in [0.1, 0.15) is 31.4 Å². The van der Waals surface area contributed by atoms with Crippen molar-refractivity contribution in [3.63, 3.8) is 0 Å². The molecule has 0 amide bonds. The number of rotatable bonds is 2. The molecule has 0 radical (unpaired) electrons. The molecule has 0 unspecified atom stereocenters. The molecule has 0 spiro atoms. The van der Waals surface area contributed by atoms with Crippen LogP contribution >= 0.6 is 0 Å². The van der Waals surface area contributed by atoms with Crippen LogP contribution < -0.4 is 5.32 Å². The molecule has 2 aliphatic rings. The summed E-state index contributed by atoms with van der Waals surface area (Å²) >= 11 is 0. The van der Waals surface area contributed by atoms with Gasteiger partial charge in [-0.15, -0.1) is 0 Å². The Morgan fingerprint density at radius 2 is 2.15 bits per heavy atom. The van der Waals surface area contributed by atoms with Gasteiger partial charge < -0.3 is 15.0 Å². The van der Waals surface area contributed by atoms with Gasteiger partial charge in [0.2, 0.25) is 0 Å². The second-order valence-electron chi connectivity index (χ2n) is 6.58. The van der Waals surface area contributed by atoms with Crippen molar-refractivity contribution >= 4 is 10.9 Å². The molecule has 2 aromatic rings. The highest BCUT2D eigenvalue weighted by Crippen LogP contribution is 2.36. The molecule has 0 aliphatic carbocycles. The molecule has 2 aromatic heterocycles. The molecule has 2 fully saturated rings. The van der Waals surface area contributed by atoms with E-state index in [0.29, 0.717) is 18.6 Å². The smallest absolute Gasteiger partial charge is 0.0855 e. The van der Waals surface area contributed by atoms with E-state index in [1.165, 1.54) is 23.9 Å². The normalized spacial score (nSPS) is 32.9. The number of fused-ring (bicyclic) bond motifs is 3. The van der Waals surface area contributed by atoms with Gasteiger partial charge in [-0.25, -0.2) is 0 Å². The average Bonchev–Trinajstić information content (AvgIpc) is 2.91. The first kappa shape index (κ1) is 12.4. The lowest BCUT2D eigenvalue weighted by Crippen LogP contribution is -2.50. The van der Waals surface area contributed by atoms with Gasteiger partial charge in [-0.1, -0.05) is 0 Å². The van der Waals surface area contributed by atoms with Gasteiger partial charge in [0.1, 0.15) is 0 Å². The predicted octanol–water partition coefficient (Wildman–Crippen LogP) is 1.99. The quantitative estimate of drug-likeness (QED) is 0.878. The highest BCUT2D eigenvalue weighted by atomic mass is 16.3. The maximum Gasteiger partial charge on any atom is 0.0855 e. The first-order valence-corrected chi connectivity index (χ1v) is 7.51. The Hall–Kier alpha value is -1.39. The Balaban J connectivity index is 1.68. The molecule has 4 rings (SSSR count). The van der Waals surface area contributed by atoms with Crippen molar-refractivity contribution in [2.75, 3.05) is 0 Å². The van der Waals surface area contributed by atoms with Gasteiger partial charge >= 0.3 is 0 Å². The van der Waals surface area contributed by atoms with Crippen LogP contribution in [-0.4, -0.2) is 32.3 Å². The molecule has 2 saturated heterocycles. The van der Waals surface area contributed by atoms with E-state index in [9.17, 15) is 5.11 Å². The summed E-state index contributed by atoms with van der Waals surface area (Å²) in [4.78, 5) is 4.23. The van der Waals surface area contributed by atoms with Gasteiger partial charge in [-0.05, 0) is 44.7 Å². The maximum absolute atomic E-state index is 11.0. The van der Waals surface area contributed by atoms with E-state index < -0.39 is 5.60 Å². The minimum atomic E-state index is -0.580. The number of aryl methyl sites for hydroxylation is 1. The molecule has 106 valence electrons. The van der Waals surface area contributed by atoms with Crippen LogP contribution in [0.15, 0.2) is 24.5 Å². The zero-order valence-electron chi connectivity index (χ0n) is 11.8. The van der Waals surface area contributed by atoms with E-state index in [4.69, 9.17) is 0 Å². The molecule has 0 aromatic carbocycles. The van der Waals surface area contributed by atoms with Crippen LogP contribution in [0.2, 0.25) is 0 Å². The monoisotopic (exact) mass is 271 g/mol. The summed E-state index contributed by atoms with van der Waals surface area (Å²) in [5.41, 5.74) is 1.75. The van der Waals surface area contributed by atoms with Crippen molar-refractivity contribution in [2.24, 2.45) is 0 Å². The number of aromatic nitrogens is 2. The largest absolute Gasteiger partial charge is 0.388 e. The Kier molecular flexibility index (Phi) is 2.66. The van der Waals surface area contributed by atoms with E-state index in [-0.39, 0.29) is 0 Å². The van der Waals surface area contributed by atoms with Crippen LogP contribution in [0.3, 0.4) is 0 Å². The number of nitrogens with one attached hydrogen (secondary N) is 1. The fourth-order valence-electron chi connectivity index (χ4n) is 4.10. The van der Waals surface area contributed by atoms with Gasteiger partial charge in [0, 0.05) is 29.4 Å². The lowest BCUT2D eigenvalue weighted by molar-refractivity contribution is -0.0206. The van der Waals surface area contributed by atoms with E-state index in [1.807, 2.05) is 18.5 Å². The molecule has 2 atom stereocenters. The summed E-state index contributed by atoms with van der Waals surface area (Å²) in [6, 6.07) is 5.21. The van der Waals surface area contributed by atoms with Crippen molar-refractivity contribution in [3.8, 4) is 0 Å². The average molecular weight is 271 g/mol. The summed E-state index contributed by atoms with van der Waals surface area (Å²) in [5.74, 6) is 0. The van der Waals surface area contributed by atoms with E-state index >= 15 is 0 Å². The van der Waals surface area contributed by atoms with Crippen LogP contribution in [-0.2, 0) is 6.54 Å². The first-order chi connectivity index (χ1) is 9.63. The Labute approximate surface area is 118 Å². The van der Waals surface area contributed by atoms with Gasteiger partial charge in [0.15, 0.2) is 0 Å². The van der Waals surface area contributed by atoms with Crippen molar-refractivity contribution in [1.29, 1.82) is 0 Å². The molecule has 4 heterocycles. The number of piperidine rings is 1. The minimum absolute atomic E-state index is 0.499. The summed E-state index contributed by atoms with van der Waals surface area (Å²) in [5, 5.41) is 15.8. The molecule has 2 N–H and O–H groups in total. The number of nitrogens with zero attached hydrogens (tertiary/aromatic N) is 2. The summed E-state index contributed by atoms with van der Waals surface area (Å²) < 4.78 is 2.23. The number of hydrogen-bond donors (Lipinski definition) is 2. The third-order valence-electron chi connectivity index (χ3n) is 4.95. The standard InChI is InChI=1S/C16H21N3O/c1-11-6-12-4-5-17-9-15(12)19(11)10-16(20)7-13-2-3-14(8-16)18-13/h4-6,9,13-14,18,20H,2-3,7-8,10H2,1H3/t13-,14-/m0/s1. The molecule has 2 bridgehead atoms. The second-order valence-corrected chi connectivity index (χ2v) is 6.58. The maximum atomic E-state index is 11.0. The van der Waals surface area contributed by atoms with Crippen LogP contribution in [0.25, 0.3) is 10.9 Å². The number of pyridine rings is 1. The predicted molar refractivity (Wildman–Crippen MR) is 78.6 cm³/mol. The summed E-state index contributed by atoms with van der Waals surface area (Å²) in [6.07, 6.45) is 7.87. The Morgan fingerprint density at radius 3 is 2.90 bits per heavy atom. The highest BCUT2D eigenvalue weighted by Gasteiger charge is 2.42. The van der Waals surface area contributed by atoms with E-state index in [1.54, 1.807) is 0 Å². The number of hydrogen-bond acceptors (Lipinski definition) is 3. The summed E-state index contributed by atoms with van der Waals surface area (Å²) in [6.45, 7) is 2.79. The highest BCUT2D eigenvalue weighted by molar-refractivity contribution is 5.80. The Morgan fingerprint density at radius 1 is 1.40 bits per heavy atom. The molecule has 4 heteroatoms. The minimum Gasteiger partial charge on any atom is -0.388 e. The van der Waals surface area contributed by atoms with Gasteiger partial charge in [-0.2, -0.15) is 0 Å². The molecule has 2 aliphatic heterocycles. The lowest BCUT2D eigenvalue weighted by Gasteiger charge is -2.37. The van der Waals surface area contributed by atoms with E-state index in [2.05, 4.69) is 27.9 Å². The third-order valence-corrected chi connectivity index (χ3v) is 4.95. The Bertz CT molecular complexity index is 636. The van der Waals surface area contributed by atoms with Crippen molar-refractivity contribution in [3.05, 3.63) is 30.2 Å². The molecular formula is C16H21N3O. The topological polar surface area (TPSA) is 50.1 Å². The summed E-state index contributed by atoms with van der Waals surface area (Å²) in [7, 11) is 0. The SMILES string of the molecule is Cc1cc2ccncc2n1CC1(O)C[C@@H]2CC[C@@H](C1)N2. The van der Waals surface area contributed by atoms with Crippen molar-refractivity contribution in [1.82, 2.24) is 14.9 Å². The van der Waals surface area contributed by atoms with Crippen molar-refractivity contribution < 1.29 is 5.11 Å². The van der Waals surface area contributed by atoms with Crippen molar-refractivity contribution in [2.45, 2.75) is 56.8 Å². The third kappa shape index (κ3) is 1.95. The zero-order chi connectivity index (χ0) is 13.7. The molecular weight excluding hydrogens is 250 g/mol. The van der Waals surface area contributed by atoms with Crippen LogP contribution in [0.5, 0.6) is 0 Å². The first-order valence-electron chi connectivity index (χ1n) is 7.51. The molecule has 4 nitrogen and oxygen atoms in total. The van der Waals surface area contributed by atoms with Crippen LogP contribution in [0, 0.1) is 6.92 Å². The zero-order valence-corrected chi connectivity index (χ0v) is 11.8. The fraction of sp³-hybridized carbons (Fsp3) is 0.562. The molecule has 20 heavy (non-hydrogen) atoms. The second kappa shape index (κ2) is 4.30. The van der Waals surface area contributed by atoms with Gasteiger partial charge in [0.25, 0.3) is 0 Å². The van der Waals surface area contributed by atoms with Gasteiger partial charge in [0.05, 0.1) is 23.9 Å². The number of aliphatic hydroxyl groups is 1. The van der Waals surface area contributed by atoms with E-state index in [0.717, 1.165) is 18.4 Å². The lowest BCUT2D eigenvalue weighted by atomic mass is 9.87. The van der Waals surface area contributed by atoms with Gasteiger partial charge in [-0.3, -0.25) is 4.98 Å².